The number of furan rings is 1. The maximum absolute atomic E-state index is 13.2. The van der Waals surface area contributed by atoms with E-state index in [1.807, 2.05) is 4.90 Å². The van der Waals surface area contributed by atoms with Gasteiger partial charge >= 0.3 is 5.97 Å². The Morgan fingerprint density at radius 3 is 2.48 bits per heavy atom. The fourth-order valence-electron chi connectivity index (χ4n) is 5.94. The zero-order valence-corrected chi connectivity index (χ0v) is 17.8. The van der Waals surface area contributed by atoms with Crippen LogP contribution in [0.3, 0.4) is 0 Å². The fourth-order valence-corrected chi connectivity index (χ4v) is 7.26. The predicted octanol–water partition coefficient (Wildman–Crippen LogP) is 4.49. The van der Waals surface area contributed by atoms with Gasteiger partial charge in [0.15, 0.2) is 0 Å². The van der Waals surface area contributed by atoms with Gasteiger partial charge in [-0.15, -0.1) is 0 Å². The molecule has 5 aliphatic rings. The van der Waals surface area contributed by atoms with Crippen LogP contribution < -0.4 is 0 Å². The van der Waals surface area contributed by atoms with Crippen LogP contribution in [0.25, 0.3) is 12.2 Å². The maximum Gasteiger partial charge on any atom is 0.330 e. The van der Waals surface area contributed by atoms with Gasteiger partial charge < -0.3 is 9.15 Å². The van der Waals surface area contributed by atoms with E-state index in [9.17, 15) is 9.59 Å². The molecular formula is C22H23NO4S2. The van der Waals surface area contributed by atoms with Crippen LogP contribution in [0.4, 0.5) is 0 Å². The third-order valence-electron chi connectivity index (χ3n) is 6.80. The number of carbonyl (C=O) groups is 2. The number of methoxy groups -OCH3 is 1. The number of amides is 1. The predicted molar refractivity (Wildman–Crippen MR) is 116 cm³/mol. The number of hydrogen-bond donors (Lipinski definition) is 0. The molecule has 4 aliphatic carbocycles. The van der Waals surface area contributed by atoms with E-state index in [0.29, 0.717) is 32.6 Å². The molecule has 1 aliphatic heterocycles. The number of carbonyl (C=O) groups excluding carboxylic acids is 2. The van der Waals surface area contributed by atoms with E-state index in [-0.39, 0.29) is 11.9 Å². The van der Waals surface area contributed by atoms with Gasteiger partial charge in [0, 0.05) is 18.2 Å². The Hall–Kier alpha value is -1.86. The molecule has 152 valence electrons. The Labute approximate surface area is 179 Å². The van der Waals surface area contributed by atoms with Gasteiger partial charge in [-0.1, -0.05) is 24.0 Å². The Morgan fingerprint density at radius 1 is 1.17 bits per heavy atom. The van der Waals surface area contributed by atoms with E-state index >= 15 is 0 Å². The summed E-state index contributed by atoms with van der Waals surface area (Å²) < 4.78 is 11.0. The molecule has 5 fully saturated rings. The molecule has 1 amide bonds. The molecule has 0 unspecified atom stereocenters. The quantitative estimate of drug-likeness (QED) is 0.399. The van der Waals surface area contributed by atoms with Gasteiger partial charge in [0.05, 0.1) is 12.0 Å². The van der Waals surface area contributed by atoms with Gasteiger partial charge in [0.2, 0.25) is 0 Å². The van der Waals surface area contributed by atoms with Crippen molar-refractivity contribution in [3.05, 3.63) is 34.6 Å². The minimum absolute atomic E-state index is 0.0144. The van der Waals surface area contributed by atoms with Crippen LogP contribution in [0.5, 0.6) is 0 Å². The van der Waals surface area contributed by atoms with Gasteiger partial charge in [-0.3, -0.25) is 9.69 Å². The number of rotatable bonds is 4. The first kappa shape index (κ1) is 19.1. The molecule has 6 rings (SSSR count). The van der Waals surface area contributed by atoms with Crippen LogP contribution in [0.15, 0.2) is 27.5 Å². The summed E-state index contributed by atoms with van der Waals surface area (Å²) in [6.45, 7) is 0. The number of ether oxygens (including phenoxy) is 1. The number of hydrogen-bond acceptors (Lipinski definition) is 6. The monoisotopic (exact) mass is 429 g/mol. The van der Waals surface area contributed by atoms with Crippen molar-refractivity contribution < 1.29 is 18.7 Å². The Morgan fingerprint density at radius 2 is 1.83 bits per heavy atom. The highest BCUT2D eigenvalue weighted by Crippen LogP contribution is 2.56. The summed E-state index contributed by atoms with van der Waals surface area (Å²) in [7, 11) is 1.33. The van der Waals surface area contributed by atoms with Crippen LogP contribution in [0, 0.1) is 23.7 Å². The largest absolute Gasteiger partial charge is 0.466 e. The summed E-state index contributed by atoms with van der Waals surface area (Å²) in [5.74, 6) is 3.60. The van der Waals surface area contributed by atoms with Gasteiger partial charge in [-0.05, 0) is 74.0 Å². The van der Waals surface area contributed by atoms with Gasteiger partial charge in [-0.25, -0.2) is 4.79 Å². The molecule has 7 heteroatoms. The molecular weight excluding hydrogens is 406 g/mol. The molecule has 1 aromatic heterocycles. The number of nitrogens with zero attached hydrogens (tertiary/aromatic N) is 1. The van der Waals surface area contributed by atoms with Gasteiger partial charge in [0.1, 0.15) is 15.8 Å². The smallest absolute Gasteiger partial charge is 0.330 e. The van der Waals surface area contributed by atoms with E-state index in [2.05, 4.69) is 4.74 Å². The van der Waals surface area contributed by atoms with E-state index in [1.54, 1.807) is 24.3 Å². The molecule has 0 radical (unpaired) electrons. The Kier molecular flexibility index (Phi) is 4.90. The topological polar surface area (TPSA) is 59.8 Å². The lowest BCUT2D eigenvalue weighted by atomic mass is 9.54. The summed E-state index contributed by atoms with van der Waals surface area (Å²) in [4.78, 5) is 27.0. The first-order valence-electron chi connectivity index (χ1n) is 10.1. The lowest BCUT2D eigenvalue weighted by Gasteiger charge is -2.56. The van der Waals surface area contributed by atoms with Crippen molar-refractivity contribution in [1.82, 2.24) is 4.90 Å². The second kappa shape index (κ2) is 7.43. The molecule has 1 aromatic rings. The highest BCUT2D eigenvalue weighted by atomic mass is 32.2. The van der Waals surface area contributed by atoms with E-state index in [4.69, 9.17) is 16.6 Å². The van der Waals surface area contributed by atoms with E-state index in [0.717, 1.165) is 11.8 Å². The van der Waals surface area contributed by atoms with Gasteiger partial charge in [-0.2, -0.15) is 0 Å². The second-order valence-electron chi connectivity index (χ2n) is 8.57. The number of thiocarbonyl (C=S) groups is 1. The molecule has 5 nitrogen and oxygen atoms in total. The second-order valence-corrected chi connectivity index (χ2v) is 10.2. The van der Waals surface area contributed by atoms with Crippen LogP contribution in [0.1, 0.15) is 43.6 Å². The summed E-state index contributed by atoms with van der Waals surface area (Å²) in [6, 6.07) is 3.81. The SMILES string of the molecule is COC(=O)C=Cc1ccc(C=C2SC(=S)N(C3C4CC5CC(C4)CC3C5)C2=O)o1. The fraction of sp³-hybridized carbons (Fsp3) is 0.500. The van der Waals surface area contributed by atoms with E-state index < -0.39 is 5.97 Å². The zero-order valence-electron chi connectivity index (χ0n) is 16.2. The standard InChI is InChI=1S/C22H23NO4S2/c1-26-19(24)5-4-16-2-3-17(27-16)11-18-21(25)23(22(28)29-18)20-14-7-12-6-13(9-14)10-15(20)8-12/h2-5,11-15,20H,6-10H2,1H3. The molecule has 0 aromatic carbocycles. The van der Waals surface area contributed by atoms with Crippen molar-refractivity contribution in [2.45, 2.75) is 38.1 Å². The Balaban J connectivity index is 1.34. The van der Waals surface area contributed by atoms with Crippen molar-refractivity contribution in [3.63, 3.8) is 0 Å². The molecule has 4 saturated carbocycles. The number of thioether (sulfide) groups is 1. The highest BCUT2D eigenvalue weighted by molar-refractivity contribution is 8.26. The van der Waals surface area contributed by atoms with Crippen molar-refractivity contribution >= 4 is 52.3 Å². The lowest BCUT2D eigenvalue weighted by molar-refractivity contribution is -0.134. The van der Waals surface area contributed by atoms with Gasteiger partial charge in [0.25, 0.3) is 5.91 Å². The molecule has 0 spiro atoms. The van der Waals surface area contributed by atoms with Crippen molar-refractivity contribution in [2.24, 2.45) is 23.7 Å². The highest BCUT2D eigenvalue weighted by Gasteiger charge is 2.53. The molecule has 4 bridgehead atoms. The van der Waals surface area contributed by atoms with Crippen molar-refractivity contribution in [1.29, 1.82) is 0 Å². The molecule has 2 heterocycles. The third kappa shape index (κ3) is 3.48. The lowest BCUT2D eigenvalue weighted by Crippen LogP contribution is -2.57. The summed E-state index contributed by atoms with van der Waals surface area (Å²) in [6.07, 6.45) is 11.0. The molecule has 1 saturated heterocycles. The van der Waals surface area contributed by atoms with Crippen molar-refractivity contribution in [3.8, 4) is 0 Å². The van der Waals surface area contributed by atoms with Crippen LogP contribution >= 0.6 is 24.0 Å². The summed E-state index contributed by atoms with van der Waals surface area (Å²) >= 11 is 7.00. The number of esters is 1. The minimum atomic E-state index is -0.445. The molecule has 0 N–H and O–H groups in total. The van der Waals surface area contributed by atoms with Crippen LogP contribution in [-0.4, -0.2) is 34.2 Å². The molecule has 29 heavy (non-hydrogen) atoms. The Bertz CT molecular complexity index is 903. The van der Waals surface area contributed by atoms with E-state index in [1.165, 1.54) is 57.1 Å². The summed E-state index contributed by atoms with van der Waals surface area (Å²) in [5.41, 5.74) is 0. The van der Waals surface area contributed by atoms with Crippen molar-refractivity contribution in [2.75, 3.05) is 7.11 Å². The summed E-state index contributed by atoms with van der Waals surface area (Å²) in [5, 5.41) is 0. The third-order valence-corrected chi connectivity index (χ3v) is 8.13. The maximum atomic E-state index is 13.2. The average molecular weight is 430 g/mol. The van der Waals surface area contributed by atoms with Crippen LogP contribution in [0.2, 0.25) is 0 Å². The zero-order chi connectivity index (χ0) is 20.1. The first-order chi connectivity index (χ1) is 14.0. The van der Waals surface area contributed by atoms with Crippen LogP contribution in [-0.2, 0) is 14.3 Å². The molecule has 0 atom stereocenters. The first-order valence-corrected chi connectivity index (χ1v) is 11.4. The minimum Gasteiger partial charge on any atom is -0.466 e. The average Bonchev–Trinajstić information content (AvgIpc) is 3.24. The normalized spacial score (nSPS) is 34.7.